The van der Waals surface area contributed by atoms with E-state index < -0.39 is 0 Å². The van der Waals surface area contributed by atoms with Gasteiger partial charge < -0.3 is 4.74 Å². The zero-order valence-electron chi connectivity index (χ0n) is 9.32. The van der Waals surface area contributed by atoms with E-state index in [1.165, 1.54) is 11.3 Å². The van der Waals surface area contributed by atoms with Gasteiger partial charge in [0.2, 0.25) is 0 Å². The van der Waals surface area contributed by atoms with E-state index in [1.807, 2.05) is 13.0 Å². The minimum absolute atomic E-state index is 0.513. The zero-order chi connectivity index (χ0) is 12.4. The lowest BCUT2D eigenvalue weighted by Gasteiger charge is -2.04. The molecule has 3 nitrogen and oxygen atoms in total. The number of ether oxygens (including phenoxy) is 1. The summed E-state index contributed by atoms with van der Waals surface area (Å²) in [6, 6.07) is 7.52. The average Bonchev–Trinajstić information content (AvgIpc) is 2.70. The molecule has 0 aliphatic heterocycles. The molecule has 0 aliphatic rings. The van der Waals surface area contributed by atoms with Crippen molar-refractivity contribution < 1.29 is 4.74 Å². The third-order valence-electron chi connectivity index (χ3n) is 2.26. The van der Waals surface area contributed by atoms with Crippen LogP contribution in [-0.4, -0.2) is 12.1 Å². The van der Waals surface area contributed by atoms with Gasteiger partial charge in [-0.1, -0.05) is 11.6 Å². The lowest BCUT2D eigenvalue weighted by molar-refractivity contribution is 0.415. The maximum Gasteiger partial charge on any atom is 0.137 e. The first-order valence-corrected chi connectivity index (χ1v) is 6.06. The predicted molar refractivity (Wildman–Crippen MR) is 68.6 cm³/mol. The van der Waals surface area contributed by atoms with Gasteiger partial charge in [0.15, 0.2) is 0 Å². The van der Waals surface area contributed by atoms with Crippen molar-refractivity contribution in [2.45, 2.75) is 6.92 Å². The normalized spacial score (nSPS) is 10.0. The van der Waals surface area contributed by atoms with Crippen LogP contribution in [0.25, 0.3) is 11.3 Å². The third kappa shape index (κ3) is 2.26. The van der Waals surface area contributed by atoms with Crippen molar-refractivity contribution in [3.8, 4) is 23.1 Å². The van der Waals surface area contributed by atoms with Gasteiger partial charge in [0, 0.05) is 5.56 Å². The summed E-state index contributed by atoms with van der Waals surface area (Å²) < 4.78 is 5.08. The number of halogens is 1. The van der Waals surface area contributed by atoms with E-state index in [1.54, 1.807) is 19.2 Å². The molecule has 0 N–H and O–H groups in total. The van der Waals surface area contributed by atoms with Crippen molar-refractivity contribution in [2.75, 3.05) is 7.11 Å². The Bertz CT molecular complexity index is 601. The van der Waals surface area contributed by atoms with Crippen LogP contribution in [0.5, 0.6) is 5.75 Å². The van der Waals surface area contributed by atoms with Gasteiger partial charge in [-0.25, -0.2) is 4.98 Å². The van der Waals surface area contributed by atoms with Gasteiger partial charge in [-0.2, -0.15) is 5.26 Å². The van der Waals surface area contributed by atoms with E-state index in [2.05, 4.69) is 11.1 Å². The van der Waals surface area contributed by atoms with Gasteiger partial charge in [-0.15, -0.1) is 11.3 Å². The number of rotatable bonds is 2. The highest BCUT2D eigenvalue weighted by Crippen LogP contribution is 2.32. The average molecular weight is 265 g/mol. The van der Waals surface area contributed by atoms with Gasteiger partial charge in [-0.05, 0) is 25.1 Å². The largest absolute Gasteiger partial charge is 0.495 e. The van der Waals surface area contributed by atoms with Crippen LogP contribution >= 0.6 is 22.9 Å². The number of benzene rings is 1. The Morgan fingerprint density at radius 1 is 1.47 bits per heavy atom. The Labute approximate surface area is 108 Å². The second kappa shape index (κ2) is 4.74. The summed E-state index contributed by atoms with van der Waals surface area (Å²) in [6.07, 6.45) is 0. The molecular formula is C12H9ClN2OS. The van der Waals surface area contributed by atoms with Crippen LogP contribution in [0.15, 0.2) is 18.2 Å². The molecule has 0 saturated heterocycles. The fourth-order valence-corrected chi connectivity index (χ4v) is 2.51. The van der Waals surface area contributed by atoms with Crippen molar-refractivity contribution in [2.24, 2.45) is 0 Å². The van der Waals surface area contributed by atoms with E-state index in [-0.39, 0.29) is 0 Å². The monoisotopic (exact) mass is 264 g/mol. The molecule has 2 rings (SSSR count). The van der Waals surface area contributed by atoms with Crippen LogP contribution in [0.2, 0.25) is 5.02 Å². The first-order valence-electron chi connectivity index (χ1n) is 4.87. The Morgan fingerprint density at radius 3 is 2.82 bits per heavy atom. The standard InChI is InChI=1S/C12H9ClN2OS/c1-7-15-12(11(6-14)17-7)8-3-4-10(16-2)9(13)5-8/h3-5H,1-2H3. The van der Waals surface area contributed by atoms with Crippen molar-refractivity contribution >= 4 is 22.9 Å². The molecule has 5 heteroatoms. The van der Waals surface area contributed by atoms with E-state index >= 15 is 0 Å². The minimum Gasteiger partial charge on any atom is -0.495 e. The molecule has 1 aromatic heterocycles. The Balaban J connectivity index is 2.54. The highest BCUT2D eigenvalue weighted by molar-refractivity contribution is 7.12. The molecule has 0 radical (unpaired) electrons. The van der Waals surface area contributed by atoms with Crippen molar-refractivity contribution in [3.63, 3.8) is 0 Å². The van der Waals surface area contributed by atoms with E-state index in [0.717, 1.165) is 10.6 Å². The van der Waals surface area contributed by atoms with Gasteiger partial charge in [0.05, 0.1) is 22.8 Å². The van der Waals surface area contributed by atoms with Gasteiger partial charge in [0.1, 0.15) is 16.7 Å². The molecule has 0 spiro atoms. The fraction of sp³-hybridized carbons (Fsp3) is 0.167. The number of methoxy groups -OCH3 is 1. The second-order valence-corrected chi connectivity index (χ2v) is 4.98. The van der Waals surface area contributed by atoms with Gasteiger partial charge in [0.25, 0.3) is 0 Å². The summed E-state index contributed by atoms with van der Waals surface area (Å²) in [5, 5.41) is 10.4. The number of aromatic nitrogens is 1. The van der Waals surface area contributed by atoms with E-state index in [0.29, 0.717) is 21.3 Å². The lowest BCUT2D eigenvalue weighted by Crippen LogP contribution is -1.86. The number of hydrogen-bond donors (Lipinski definition) is 0. The van der Waals surface area contributed by atoms with E-state index in [9.17, 15) is 0 Å². The molecule has 0 unspecified atom stereocenters. The number of nitriles is 1. The summed E-state index contributed by atoms with van der Waals surface area (Å²) in [7, 11) is 1.56. The van der Waals surface area contributed by atoms with Crippen LogP contribution in [-0.2, 0) is 0 Å². The summed E-state index contributed by atoms with van der Waals surface area (Å²) in [5.74, 6) is 0.612. The highest BCUT2D eigenvalue weighted by atomic mass is 35.5. The maximum atomic E-state index is 9.03. The Kier molecular flexibility index (Phi) is 3.32. The molecule has 0 saturated carbocycles. The van der Waals surface area contributed by atoms with Crippen molar-refractivity contribution in [1.82, 2.24) is 4.98 Å². The summed E-state index contributed by atoms with van der Waals surface area (Å²) in [6.45, 7) is 1.88. The molecule has 1 heterocycles. The molecule has 0 fully saturated rings. The van der Waals surface area contributed by atoms with Crippen molar-refractivity contribution in [1.29, 1.82) is 5.26 Å². The van der Waals surface area contributed by atoms with Crippen LogP contribution in [0, 0.1) is 18.3 Å². The minimum atomic E-state index is 0.513. The summed E-state index contributed by atoms with van der Waals surface area (Å²) >= 11 is 7.43. The quantitative estimate of drug-likeness (QED) is 0.832. The zero-order valence-corrected chi connectivity index (χ0v) is 10.9. The number of thiazole rings is 1. The predicted octanol–water partition coefficient (Wildman–Crippen LogP) is 3.65. The topological polar surface area (TPSA) is 45.9 Å². The SMILES string of the molecule is COc1ccc(-c2nc(C)sc2C#N)cc1Cl. The molecule has 17 heavy (non-hydrogen) atoms. The third-order valence-corrected chi connectivity index (χ3v) is 3.43. The second-order valence-electron chi connectivity index (χ2n) is 3.37. The maximum absolute atomic E-state index is 9.03. The summed E-state index contributed by atoms with van der Waals surface area (Å²) in [5.41, 5.74) is 1.51. The van der Waals surface area contributed by atoms with Gasteiger partial charge in [-0.3, -0.25) is 0 Å². The number of hydrogen-bond acceptors (Lipinski definition) is 4. The molecule has 86 valence electrons. The van der Waals surface area contributed by atoms with Crippen LogP contribution in [0.1, 0.15) is 9.88 Å². The first-order chi connectivity index (χ1) is 8.15. The van der Waals surface area contributed by atoms with Crippen LogP contribution in [0.3, 0.4) is 0 Å². The van der Waals surface area contributed by atoms with Crippen molar-refractivity contribution in [3.05, 3.63) is 33.1 Å². The molecule has 2 aromatic rings. The van der Waals surface area contributed by atoms with Crippen LogP contribution < -0.4 is 4.74 Å². The molecule has 0 bridgehead atoms. The molecule has 0 amide bonds. The Hall–Kier alpha value is -1.57. The van der Waals surface area contributed by atoms with Crippen LogP contribution in [0.4, 0.5) is 0 Å². The van der Waals surface area contributed by atoms with Gasteiger partial charge >= 0.3 is 0 Å². The Morgan fingerprint density at radius 2 is 2.24 bits per heavy atom. The molecule has 1 aromatic carbocycles. The molecule has 0 atom stereocenters. The smallest absolute Gasteiger partial charge is 0.137 e. The molecule has 0 aliphatic carbocycles. The number of aryl methyl sites for hydroxylation is 1. The summed E-state index contributed by atoms with van der Waals surface area (Å²) in [4.78, 5) is 4.95. The number of nitrogens with zero attached hydrogens (tertiary/aromatic N) is 2. The lowest BCUT2D eigenvalue weighted by atomic mass is 10.1. The fourth-order valence-electron chi connectivity index (χ4n) is 1.51. The van der Waals surface area contributed by atoms with E-state index in [4.69, 9.17) is 21.6 Å². The molecular weight excluding hydrogens is 256 g/mol. The highest BCUT2D eigenvalue weighted by Gasteiger charge is 2.12. The first kappa shape index (κ1) is 11.9.